The van der Waals surface area contributed by atoms with Crippen molar-refractivity contribution in [3.05, 3.63) is 42.2 Å². The van der Waals surface area contributed by atoms with Crippen molar-refractivity contribution >= 4 is 28.2 Å². The molecule has 0 radical (unpaired) electrons. The number of ether oxygens (including phenoxy) is 2. The number of aromatic nitrogens is 3. The Morgan fingerprint density at radius 2 is 1.94 bits per heavy atom. The fourth-order valence-corrected chi connectivity index (χ4v) is 4.06. The van der Waals surface area contributed by atoms with Gasteiger partial charge in [0.25, 0.3) is 5.91 Å². The van der Waals surface area contributed by atoms with Crippen molar-refractivity contribution in [2.75, 3.05) is 37.0 Å². The molecule has 3 aromatic rings. The lowest BCUT2D eigenvalue weighted by molar-refractivity contribution is 0.102. The number of nitrogens with one attached hydrogen (secondary N) is 2. The van der Waals surface area contributed by atoms with E-state index in [-0.39, 0.29) is 11.9 Å². The number of piperazine rings is 1. The van der Waals surface area contributed by atoms with Crippen LogP contribution in [0.2, 0.25) is 0 Å². The number of fused-ring (bicyclic) bond motifs is 1. The summed E-state index contributed by atoms with van der Waals surface area (Å²) in [4.78, 5) is 28.5. The van der Waals surface area contributed by atoms with Crippen molar-refractivity contribution in [2.45, 2.75) is 32.9 Å². The van der Waals surface area contributed by atoms with Crippen molar-refractivity contribution < 1.29 is 14.3 Å². The molecule has 0 aliphatic carbocycles. The van der Waals surface area contributed by atoms with Crippen LogP contribution < -0.4 is 25.0 Å². The quantitative estimate of drug-likeness (QED) is 0.608. The maximum atomic E-state index is 13.1. The molecule has 1 aliphatic rings. The molecule has 4 rings (SSSR count). The number of benzene rings is 1. The van der Waals surface area contributed by atoms with Crippen LogP contribution in [0.1, 0.15) is 31.1 Å². The normalized spacial score (nSPS) is 18.4. The van der Waals surface area contributed by atoms with Crippen LogP contribution >= 0.6 is 0 Å². The smallest absolute Gasteiger partial charge is 0.316 e. The summed E-state index contributed by atoms with van der Waals surface area (Å²) in [7, 11) is 1.51. The van der Waals surface area contributed by atoms with E-state index in [2.05, 4.69) is 44.3 Å². The molecule has 9 nitrogen and oxygen atoms in total. The second-order valence-corrected chi connectivity index (χ2v) is 7.90. The van der Waals surface area contributed by atoms with Crippen LogP contribution in [0.25, 0.3) is 10.9 Å². The molecule has 3 heterocycles. The molecule has 1 amide bonds. The van der Waals surface area contributed by atoms with E-state index in [1.165, 1.54) is 7.11 Å². The number of pyridine rings is 1. The number of amides is 1. The van der Waals surface area contributed by atoms with Crippen molar-refractivity contribution in [1.82, 2.24) is 20.3 Å². The first-order valence-corrected chi connectivity index (χ1v) is 10.7. The Balaban J connectivity index is 1.69. The van der Waals surface area contributed by atoms with E-state index in [0.717, 1.165) is 24.2 Å². The Kier molecular flexibility index (Phi) is 6.36. The van der Waals surface area contributed by atoms with Gasteiger partial charge in [0, 0.05) is 48.5 Å². The summed E-state index contributed by atoms with van der Waals surface area (Å²) in [6.07, 6.45) is 3.29. The Labute approximate surface area is 187 Å². The lowest BCUT2D eigenvalue weighted by Crippen LogP contribution is -2.54. The first kappa shape index (κ1) is 21.8. The largest absolute Gasteiger partial charge is 0.478 e. The number of rotatable bonds is 6. The van der Waals surface area contributed by atoms with E-state index in [4.69, 9.17) is 9.47 Å². The maximum Gasteiger partial charge on any atom is 0.316 e. The number of hydrogen-bond donors (Lipinski definition) is 2. The SMILES string of the molecule is CCOc1ccc(NC(=O)c2ccc(N3C[C@@H](C)N[C@@H](C)C3)c3cnc(OC)nc23)cn1. The average Bonchev–Trinajstić information content (AvgIpc) is 2.78. The standard InChI is InChI=1S/C23H28N6O3/c1-5-32-20-9-6-16(10-24-20)27-22(30)17-7-8-19(29-12-14(2)26-15(3)13-29)18-11-25-23(31-4)28-21(17)18/h6-11,14-15,26H,5,12-13H2,1-4H3,(H,27,30)/t14-,15+. The summed E-state index contributed by atoms with van der Waals surface area (Å²) < 4.78 is 10.6. The topological polar surface area (TPSA) is 102 Å². The van der Waals surface area contributed by atoms with Gasteiger partial charge in [-0.1, -0.05) is 0 Å². The minimum atomic E-state index is -0.282. The molecule has 0 bridgehead atoms. The number of anilines is 2. The molecule has 2 N–H and O–H groups in total. The summed E-state index contributed by atoms with van der Waals surface area (Å²) in [6.45, 7) is 8.46. The monoisotopic (exact) mass is 436 g/mol. The van der Waals surface area contributed by atoms with Gasteiger partial charge in [0.05, 0.1) is 36.7 Å². The number of hydrogen-bond acceptors (Lipinski definition) is 8. The maximum absolute atomic E-state index is 13.1. The first-order chi connectivity index (χ1) is 15.5. The highest BCUT2D eigenvalue weighted by Gasteiger charge is 2.24. The zero-order chi connectivity index (χ0) is 22.7. The minimum absolute atomic E-state index is 0.216. The van der Waals surface area contributed by atoms with Gasteiger partial charge in [-0.05, 0) is 39.0 Å². The van der Waals surface area contributed by atoms with Gasteiger partial charge in [-0.25, -0.2) is 9.97 Å². The van der Waals surface area contributed by atoms with Gasteiger partial charge in [0.15, 0.2) is 0 Å². The van der Waals surface area contributed by atoms with E-state index < -0.39 is 0 Å². The summed E-state index contributed by atoms with van der Waals surface area (Å²) in [5, 5.41) is 7.24. The average molecular weight is 437 g/mol. The predicted molar refractivity (Wildman–Crippen MR) is 124 cm³/mol. The Morgan fingerprint density at radius 3 is 2.59 bits per heavy atom. The highest BCUT2D eigenvalue weighted by Crippen LogP contribution is 2.31. The summed E-state index contributed by atoms with van der Waals surface area (Å²) >= 11 is 0. The summed E-state index contributed by atoms with van der Waals surface area (Å²) in [6, 6.07) is 8.16. The van der Waals surface area contributed by atoms with Crippen LogP contribution in [0, 0.1) is 0 Å². The fourth-order valence-electron chi connectivity index (χ4n) is 4.06. The molecule has 1 saturated heterocycles. The third-order valence-corrected chi connectivity index (χ3v) is 5.32. The number of carbonyl (C=O) groups excluding carboxylic acids is 1. The second kappa shape index (κ2) is 9.35. The number of carbonyl (C=O) groups is 1. The Morgan fingerprint density at radius 1 is 1.16 bits per heavy atom. The van der Waals surface area contributed by atoms with Crippen LogP contribution in [0.5, 0.6) is 11.9 Å². The van der Waals surface area contributed by atoms with Gasteiger partial charge < -0.3 is 25.0 Å². The zero-order valence-electron chi connectivity index (χ0n) is 18.8. The number of nitrogens with zero attached hydrogens (tertiary/aromatic N) is 4. The molecule has 0 saturated carbocycles. The van der Waals surface area contributed by atoms with Crippen molar-refractivity contribution in [3.8, 4) is 11.9 Å². The van der Waals surface area contributed by atoms with Gasteiger partial charge in [0.1, 0.15) is 0 Å². The predicted octanol–water partition coefficient (Wildman–Crippen LogP) is 2.87. The second-order valence-electron chi connectivity index (χ2n) is 7.90. The third kappa shape index (κ3) is 4.57. The first-order valence-electron chi connectivity index (χ1n) is 10.7. The molecule has 32 heavy (non-hydrogen) atoms. The molecule has 168 valence electrons. The van der Waals surface area contributed by atoms with Crippen molar-refractivity contribution in [2.24, 2.45) is 0 Å². The van der Waals surface area contributed by atoms with Gasteiger partial charge >= 0.3 is 6.01 Å². The molecule has 2 atom stereocenters. The van der Waals surface area contributed by atoms with E-state index in [0.29, 0.717) is 41.3 Å². The van der Waals surface area contributed by atoms with Crippen LogP contribution in [-0.2, 0) is 0 Å². The third-order valence-electron chi connectivity index (χ3n) is 5.32. The van der Waals surface area contributed by atoms with E-state index in [1.807, 2.05) is 13.0 Å². The molecular formula is C23H28N6O3. The van der Waals surface area contributed by atoms with E-state index in [9.17, 15) is 4.79 Å². The molecule has 1 fully saturated rings. The molecule has 1 aliphatic heterocycles. The zero-order valence-corrected chi connectivity index (χ0v) is 18.8. The molecule has 0 spiro atoms. The van der Waals surface area contributed by atoms with E-state index in [1.54, 1.807) is 30.6 Å². The Hall–Kier alpha value is -3.46. The van der Waals surface area contributed by atoms with Crippen LogP contribution in [0.3, 0.4) is 0 Å². The molecule has 2 aromatic heterocycles. The summed E-state index contributed by atoms with van der Waals surface area (Å²) in [5.74, 6) is 0.229. The lowest BCUT2D eigenvalue weighted by atomic mass is 10.0. The lowest BCUT2D eigenvalue weighted by Gasteiger charge is -2.38. The molecular weight excluding hydrogens is 408 g/mol. The molecule has 0 unspecified atom stereocenters. The van der Waals surface area contributed by atoms with E-state index >= 15 is 0 Å². The minimum Gasteiger partial charge on any atom is -0.478 e. The van der Waals surface area contributed by atoms with Gasteiger partial charge in [-0.2, -0.15) is 4.98 Å². The number of methoxy groups -OCH3 is 1. The molecule has 1 aromatic carbocycles. The van der Waals surface area contributed by atoms with Crippen LogP contribution in [0.4, 0.5) is 11.4 Å². The van der Waals surface area contributed by atoms with Crippen LogP contribution in [-0.4, -0.2) is 59.7 Å². The Bertz CT molecular complexity index is 1090. The van der Waals surface area contributed by atoms with Crippen LogP contribution in [0.15, 0.2) is 36.7 Å². The van der Waals surface area contributed by atoms with Gasteiger partial charge in [-0.3, -0.25) is 4.79 Å². The fraction of sp³-hybridized carbons (Fsp3) is 0.391. The van der Waals surface area contributed by atoms with Gasteiger partial charge in [-0.15, -0.1) is 0 Å². The van der Waals surface area contributed by atoms with Crippen molar-refractivity contribution in [1.29, 1.82) is 0 Å². The van der Waals surface area contributed by atoms with Gasteiger partial charge in [0.2, 0.25) is 5.88 Å². The van der Waals surface area contributed by atoms with Crippen molar-refractivity contribution in [3.63, 3.8) is 0 Å². The highest BCUT2D eigenvalue weighted by atomic mass is 16.5. The molecule has 9 heteroatoms. The summed E-state index contributed by atoms with van der Waals surface area (Å²) in [5.41, 5.74) is 2.56. The highest BCUT2D eigenvalue weighted by molar-refractivity contribution is 6.13.